The van der Waals surface area contributed by atoms with Crippen LogP contribution in [0.3, 0.4) is 0 Å². The number of nitro groups is 1. The van der Waals surface area contributed by atoms with E-state index < -0.39 is 20.6 Å². The third-order valence-corrected chi connectivity index (χ3v) is 4.61. The van der Waals surface area contributed by atoms with Gasteiger partial charge in [-0.15, -0.1) is 0 Å². The molecule has 0 saturated carbocycles. The van der Waals surface area contributed by atoms with Gasteiger partial charge in [0.05, 0.1) is 16.9 Å². The molecule has 0 heterocycles. The van der Waals surface area contributed by atoms with Crippen LogP contribution in [0.2, 0.25) is 0 Å². The summed E-state index contributed by atoms with van der Waals surface area (Å²) in [5.41, 5.74) is -0.0764. The van der Waals surface area contributed by atoms with Crippen LogP contribution in [-0.4, -0.2) is 20.5 Å². The number of nitro benzene ring substituents is 1. The van der Waals surface area contributed by atoms with E-state index in [-0.39, 0.29) is 10.6 Å². The molecule has 0 saturated heterocycles. The third kappa shape index (κ3) is 3.55. The average molecular weight is 387 g/mol. The van der Waals surface area contributed by atoms with Gasteiger partial charge in [0.2, 0.25) is 0 Å². The van der Waals surface area contributed by atoms with E-state index in [1.54, 1.807) is 24.3 Å². The van der Waals surface area contributed by atoms with Gasteiger partial charge in [-0.05, 0) is 30.3 Å². The summed E-state index contributed by atoms with van der Waals surface area (Å²) in [5, 5.41) is 11.0. The molecule has 0 atom stereocenters. The number of benzene rings is 2. The molecule has 0 unspecified atom stereocenters. The Morgan fingerprint density at radius 1 is 1.23 bits per heavy atom. The van der Waals surface area contributed by atoms with Gasteiger partial charge >= 0.3 is 5.69 Å². The smallest absolute Gasteiger partial charge is 0.312 e. The van der Waals surface area contributed by atoms with E-state index >= 15 is 0 Å². The second-order valence-corrected chi connectivity index (χ2v) is 6.80. The minimum Gasteiger partial charge on any atom is -0.490 e. The zero-order valence-electron chi connectivity index (χ0n) is 11.3. The minimum absolute atomic E-state index is 0.00796. The highest BCUT2D eigenvalue weighted by atomic mass is 79.9. The maximum Gasteiger partial charge on any atom is 0.312 e. The van der Waals surface area contributed by atoms with Gasteiger partial charge in [-0.3, -0.25) is 14.8 Å². The van der Waals surface area contributed by atoms with E-state index in [1.165, 1.54) is 19.2 Å². The first-order valence-corrected chi connectivity index (χ1v) is 8.22. The Morgan fingerprint density at radius 2 is 1.95 bits per heavy atom. The third-order valence-electron chi connectivity index (χ3n) is 2.73. The second-order valence-electron chi connectivity index (χ2n) is 4.21. The molecule has 0 aromatic heterocycles. The molecule has 9 heteroatoms. The van der Waals surface area contributed by atoms with Crippen molar-refractivity contribution >= 4 is 37.3 Å². The quantitative estimate of drug-likeness (QED) is 0.628. The summed E-state index contributed by atoms with van der Waals surface area (Å²) in [5.74, 6) is -0.00796. The number of nitrogens with zero attached hydrogens (tertiary/aromatic N) is 1. The standard InChI is InChI=1S/C13H11BrN2O5S/c1-21-13-6-5-11(8-12(13)16(17)18)22(19,20)15-10-4-2-3-9(14)7-10/h2-8,15H,1H3. The largest absolute Gasteiger partial charge is 0.490 e. The first-order chi connectivity index (χ1) is 10.3. The van der Waals surface area contributed by atoms with E-state index in [9.17, 15) is 18.5 Å². The highest BCUT2D eigenvalue weighted by Gasteiger charge is 2.22. The SMILES string of the molecule is COc1ccc(S(=O)(=O)Nc2cccc(Br)c2)cc1[N+](=O)[O-]. The van der Waals surface area contributed by atoms with E-state index in [4.69, 9.17) is 4.74 Å². The van der Waals surface area contributed by atoms with Crippen molar-refractivity contribution in [3.63, 3.8) is 0 Å². The zero-order valence-corrected chi connectivity index (χ0v) is 13.7. The van der Waals surface area contributed by atoms with Gasteiger partial charge in [0.25, 0.3) is 10.0 Å². The topological polar surface area (TPSA) is 98.5 Å². The van der Waals surface area contributed by atoms with E-state index in [0.29, 0.717) is 10.2 Å². The summed E-state index contributed by atoms with van der Waals surface area (Å²) in [6, 6.07) is 10.0. The number of hydrogen-bond donors (Lipinski definition) is 1. The van der Waals surface area contributed by atoms with E-state index in [2.05, 4.69) is 20.7 Å². The molecule has 1 N–H and O–H groups in total. The van der Waals surface area contributed by atoms with Crippen molar-refractivity contribution in [3.05, 3.63) is 57.1 Å². The van der Waals surface area contributed by atoms with Crippen LogP contribution >= 0.6 is 15.9 Å². The van der Waals surface area contributed by atoms with Gasteiger partial charge in [-0.2, -0.15) is 0 Å². The van der Waals surface area contributed by atoms with Crippen LogP contribution in [0.4, 0.5) is 11.4 Å². The Hall–Kier alpha value is -2.13. The first kappa shape index (κ1) is 16.2. The highest BCUT2D eigenvalue weighted by Crippen LogP contribution is 2.30. The molecular weight excluding hydrogens is 376 g/mol. The number of hydrogen-bond acceptors (Lipinski definition) is 5. The number of nitrogens with one attached hydrogen (secondary N) is 1. The Morgan fingerprint density at radius 3 is 2.55 bits per heavy atom. The Balaban J connectivity index is 2.41. The lowest BCUT2D eigenvalue weighted by Crippen LogP contribution is -2.13. The van der Waals surface area contributed by atoms with Crippen molar-refractivity contribution in [1.82, 2.24) is 0 Å². The maximum atomic E-state index is 12.3. The van der Waals surface area contributed by atoms with E-state index in [0.717, 1.165) is 6.07 Å². The van der Waals surface area contributed by atoms with E-state index in [1.807, 2.05) is 0 Å². The van der Waals surface area contributed by atoms with Crippen LogP contribution in [0.25, 0.3) is 0 Å². The second kappa shape index (κ2) is 6.32. The summed E-state index contributed by atoms with van der Waals surface area (Å²) in [6.07, 6.45) is 0. The fourth-order valence-corrected chi connectivity index (χ4v) is 3.21. The minimum atomic E-state index is -3.94. The summed E-state index contributed by atoms with van der Waals surface area (Å²) in [6.45, 7) is 0. The molecule has 0 aliphatic rings. The monoisotopic (exact) mass is 386 g/mol. The van der Waals surface area contributed by atoms with Crippen LogP contribution in [-0.2, 0) is 10.0 Å². The van der Waals surface area contributed by atoms with Gasteiger partial charge < -0.3 is 4.74 Å². The number of sulfonamides is 1. The molecule has 0 bridgehead atoms. The maximum absolute atomic E-state index is 12.3. The normalized spacial score (nSPS) is 11.0. The molecular formula is C13H11BrN2O5S. The van der Waals surface area contributed by atoms with Crippen LogP contribution in [0.5, 0.6) is 5.75 Å². The van der Waals surface area contributed by atoms with Gasteiger partial charge in [-0.25, -0.2) is 8.42 Å². The molecule has 2 aromatic carbocycles. The summed E-state index contributed by atoms with van der Waals surface area (Å²) in [7, 11) is -2.67. The molecule has 0 spiro atoms. The molecule has 0 radical (unpaired) electrons. The molecule has 22 heavy (non-hydrogen) atoms. The first-order valence-electron chi connectivity index (χ1n) is 5.94. The van der Waals surface area contributed by atoms with Crippen LogP contribution in [0.1, 0.15) is 0 Å². The van der Waals surface area contributed by atoms with Crippen molar-refractivity contribution in [1.29, 1.82) is 0 Å². The predicted octanol–water partition coefficient (Wildman–Crippen LogP) is 3.17. The van der Waals surface area contributed by atoms with Crippen LogP contribution < -0.4 is 9.46 Å². The lowest BCUT2D eigenvalue weighted by Gasteiger charge is -2.09. The Kier molecular flexibility index (Phi) is 4.67. The van der Waals surface area contributed by atoms with Crippen LogP contribution in [0, 0.1) is 10.1 Å². The average Bonchev–Trinajstić information content (AvgIpc) is 2.46. The molecule has 116 valence electrons. The summed E-state index contributed by atoms with van der Waals surface area (Å²) >= 11 is 3.23. The number of anilines is 1. The van der Waals surface area contributed by atoms with Crippen molar-refractivity contribution < 1.29 is 18.1 Å². The summed E-state index contributed by atoms with van der Waals surface area (Å²) < 4.78 is 32.5. The number of halogens is 1. The van der Waals surface area contributed by atoms with Crippen molar-refractivity contribution in [2.24, 2.45) is 0 Å². The highest BCUT2D eigenvalue weighted by molar-refractivity contribution is 9.10. The van der Waals surface area contributed by atoms with Gasteiger partial charge in [0, 0.05) is 16.2 Å². The molecule has 2 aromatic rings. The molecule has 0 aliphatic carbocycles. The zero-order chi connectivity index (χ0) is 16.3. The molecule has 7 nitrogen and oxygen atoms in total. The predicted molar refractivity (Wildman–Crippen MR) is 84.6 cm³/mol. The summed E-state index contributed by atoms with van der Waals surface area (Å²) in [4.78, 5) is 10.0. The fraction of sp³-hybridized carbons (Fsp3) is 0.0769. The number of ether oxygens (including phenoxy) is 1. The lowest BCUT2D eigenvalue weighted by atomic mass is 10.3. The number of methoxy groups -OCH3 is 1. The Bertz CT molecular complexity index is 823. The van der Waals surface area contributed by atoms with Gasteiger partial charge in [0.1, 0.15) is 0 Å². The molecule has 0 aliphatic heterocycles. The molecule has 0 fully saturated rings. The van der Waals surface area contributed by atoms with Crippen molar-refractivity contribution in [2.75, 3.05) is 11.8 Å². The lowest BCUT2D eigenvalue weighted by molar-refractivity contribution is -0.386. The van der Waals surface area contributed by atoms with Crippen molar-refractivity contribution in [2.45, 2.75) is 4.90 Å². The molecule has 2 rings (SSSR count). The fourth-order valence-electron chi connectivity index (χ4n) is 1.75. The van der Waals surface area contributed by atoms with Crippen LogP contribution in [0.15, 0.2) is 51.8 Å². The van der Waals surface area contributed by atoms with Crippen molar-refractivity contribution in [3.8, 4) is 5.75 Å². The van der Waals surface area contributed by atoms with Gasteiger partial charge in [-0.1, -0.05) is 22.0 Å². The Labute approximate surface area is 135 Å². The number of rotatable bonds is 5. The molecule has 0 amide bonds. The van der Waals surface area contributed by atoms with Gasteiger partial charge in [0.15, 0.2) is 5.75 Å².